The van der Waals surface area contributed by atoms with Crippen molar-refractivity contribution in [2.75, 3.05) is 16.8 Å². The molecule has 7 nitrogen and oxygen atoms in total. The van der Waals surface area contributed by atoms with Crippen LogP contribution in [0.1, 0.15) is 37.8 Å². The van der Waals surface area contributed by atoms with Gasteiger partial charge in [-0.15, -0.1) is 23.5 Å². The number of H-pyrrole nitrogens is 1. The van der Waals surface area contributed by atoms with Gasteiger partial charge in [-0.2, -0.15) is 0 Å². The monoisotopic (exact) mass is 520 g/mol. The summed E-state index contributed by atoms with van der Waals surface area (Å²) in [4.78, 5) is 43.9. The molecule has 4 atom stereocenters. The molecule has 9 heteroatoms. The van der Waals surface area contributed by atoms with Crippen molar-refractivity contribution in [1.29, 1.82) is 0 Å². The van der Waals surface area contributed by atoms with E-state index in [9.17, 15) is 14.4 Å². The van der Waals surface area contributed by atoms with Gasteiger partial charge in [-0.25, -0.2) is 0 Å². The Morgan fingerprint density at radius 2 is 1.86 bits per heavy atom. The summed E-state index contributed by atoms with van der Waals surface area (Å²) in [5.41, 5.74) is 3.51. The molecule has 6 rings (SSSR count). The van der Waals surface area contributed by atoms with Gasteiger partial charge in [-0.1, -0.05) is 43.3 Å². The van der Waals surface area contributed by atoms with Gasteiger partial charge >= 0.3 is 0 Å². The third kappa shape index (κ3) is 3.18. The van der Waals surface area contributed by atoms with E-state index in [-0.39, 0.29) is 17.6 Å². The topological polar surface area (TPSA) is 94.3 Å². The Bertz CT molecular complexity index is 1390. The zero-order valence-corrected chi connectivity index (χ0v) is 21.8. The summed E-state index contributed by atoms with van der Waals surface area (Å²) in [6, 6.07) is 16.3. The second kappa shape index (κ2) is 8.59. The lowest BCUT2D eigenvalue weighted by Crippen LogP contribution is -2.68. The SMILES string of the molecule is CCSC1NC(=O)C2(SCCC(C)=O)C[C@]3(c4c[nH]c5ccccc45)c4ccccc4N[C@@H]3N2C1=O. The molecule has 0 spiro atoms. The number of aromatic nitrogens is 1. The number of piperazine rings is 1. The van der Waals surface area contributed by atoms with E-state index < -0.39 is 21.8 Å². The minimum absolute atomic E-state index is 0.0698. The minimum atomic E-state index is -1.12. The highest BCUT2D eigenvalue weighted by Crippen LogP contribution is 2.62. The first kappa shape index (κ1) is 23.5. The predicted molar refractivity (Wildman–Crippen MR) is 145 cm³/mol. The molecule has 3 N–H and O–H groups in total. The normalized spacial score (nSPS) is 28.4. The molecule has 3 aliphatic rings. The van der Waals surface area contributed by atoms with Gasteiger partial charge in [-0.3, -0.25) is 19.3 Å². The summed E-state index contributed by atoms with van der Waals surface area (Å²) >= 11 is 2.86. The van der Waals surface area contributed by atoms with Crippen molar-refractivity contribution in [2.45, 2.75) is 48.5 Å². The maximum atomic E-state index is 14.1. The Kier molecular flexibility index (Phi) is 5.60. The van der Waals surface area contributed by atoms with Gasteiger partial charge in [0.2, 0.25) is 0 Å². The minimum Gasteiger partial charge on any atom is -0.364 e. The lowest BCUT2D eigenvalue weighted by atomic mass is 9.72. The van der Waals surface area contributed by atoms with E-state index in [4.69, 9.17) is 0 Å². The van der Waals surface area contributed by atoms with E-state index in [0.717, 1.165) is 27.7 Å². The number of nitrogens with zero attached hydrogens (tertiary/aromatic N) is 1. The highest BCUT2D eigenvalue weighted by atomic mass is 32.2. The van der Waals surface area contributed by atoms with Crippen molar-refractivity contribution in [3.05, 3.63) is 65.9 Å². The third-order valence-electron chi connectivity index (χ3n) is 7.61. The smallest absolute Gasteiger partial charge is 0.258 e. The summed E-state index contributed by atoms with van der Waals surface area (Å²) in [6.45, 7) is 3.54. The van der Waals surface area contributed by atoms with Crippen LogP contribution in [0.3, 0.4) is 0 Å². The van der Waals surface area contributed by atoms with Crippen LogP contribution < -0.4 is 10.6 Å². The number of amides is 2. The molecule has 2 aromatic carbocycles. The molecule has 2 saturated heterocycles. The molecule has 2 amide bonds. The van der Waals surface area contributed by atoms with Crippen molar-refractivity contribution in [3.63, 3.8) is 0 Å². The Balaban J connectivity index is 1.58. The molecule has 3 aromatic rings. The van der Waals surface area contributed by atoms with Crippen LogP contribution in [-0.2, 0) is 19.8 Å². The number of carbonyl (C=O) groups excluding carboxylic acids is 3. The highest BCUT2D eigenvalue weighted by Gasteiger charge is 2.71. The summed E-state index contributed by atoms with van der Waals surface area (Å²) in [6.07, 6.45) is 2.37. The molecule has 3 aliphatic heterocycles. The molecule has 2 fully saturated rings. The number of hydrogen-bond donors (Lipinski definition) is 3. The first-order valence-corrected chi connectivity index (χ1v) is 14.3. The van der Waals surface area contributed by atoms with Gasteiger partial charge in [0.25, 0.3) is 11.8 Å². The second-order valence-corrected chi connectivity index (χ2v) is 12.3. The fraction of sp³-hybridized carbons (Fsp3) is 0.370. The highest BCUT2D eigenvalue weighted by molar-refractivity contribution is 8.01. The number of carbonyl (C=O) groups is 3. The van der Waals surface area contributed by atoms with Crippen LogP contribution in [0.4, 0.5) is 5.69 Å². The molecule has 0 radical (unpaired) electrons. The quantitative estimate of drug-likeness (QED) is 0.435. The maximum absolute atomic E-state index is 14.1. The molecule has 186 valence electrons. The van der Waals surface area contributed by atoms with Crippen LogP contribution in [0.2, 0.25) is 0 Å². The first-order chi connectivity index (χ1) is 17.4. The van der Waals surface area contributed by atoms with Gasteiger partial charge in [0.05, 0.1) is 5.41 Å². The number of hydrogen-bond acceptors (Lipinski definition) is 6. The van der Waals surface area contributed by atoms with Gasteiger partial charge in [0, 0.05) is 41.4 Å². The Labute approximate surface area is 218 Å². The van der Waals surface area contributed by atoms with Crippen LogP contribution >= 0.6 is 23.5 Å². The summed E-state index contributed by atoms with van der Waals surface area (Å²) < 4.78 is 0. The summed E-state index contributed by atoms with van der Waals surface area (Å²) in [5.74, 6) is 0.996. The molecule has 0 saturated carbocycles. The van der Waals surface area contributed by atoms with Crippen molar-refractivity contribution < 1.29 is 14.4 Å². The van der Waals surface area contributed by atoms with E-state index in [1.54, 1.807) is 6.92 Å². The number of anilines is 1. The average Bonchev–Trinajstić information content (AvgIpc) is 3.51. The summed E-state index contributed by atoms with van der Waals surface area (Å²) in [5, 5.41) is 7.12. The zero-order valence-electron chi connectivity index (χ0n) is 20.2. The maximum Gasteiger partial charge on any atom is 0.258 e. The second-order valence-electron chi connectivity index (χ2n) is 9.59. The molecular weight excluding hydrogens is 492 g/mol. The van der Waals surface area contributed by atoms with E-state index >= 15 is 0 Å². The van der Waals surface area contributed by atoms with E-state index in [2.05, 4.69) is 27.8 Å². The molecule has 2 unspecified atom stereocenters. The van der Waals surface area contributed by atoms with Gasteiger partial charge < -0.3 is 15.6 Å². The first-order valence-electron chi connectivity index (χ1n) is 12.2. The molecular formula is C27H28N4O3S2. The largest absolute Gasteiger partial charge is 0.364 e. The Hall–Kier alpha value is -2.91. The number of Topliss-reactive ketones (excluding diaryl/α,β-unsaturated/α-hetero) is 1. The lowest BCUT2D eigenvalue weighted by Gasteiger charge is -2.45. The van der Waals surface area contributed by atoms with Crippen LogP contribution in [0.25, 0.3) is 10.9 Å². The van der Waals surface area contributed by atoms with Crippen molar-refractivity contribution in [2.24, 2.45) is 0 Å². The number of fused-ring (bicyclic) bond motifs is 6. The number of para-hydroxylation sites is 2. The van der Waals surface area contributed by atoms with Crippen molar-refractivity contribution in [1.82, 2.24) is 15.2 Å². The fourth-order valence-corrected chi connectivity index (χ4v) is 8.50. The third-order valence-corrected chi connectivity index (χ3v) is 10.0. The molecule has 4 heterocycles. The molecule has 1 aromatic heterocycles. The van der Waals surface area contributed by atoms with Crippen LogP contribution in [0.15, 0.2) is 54.7 Å². The molecule has 36 heavy (non-hydrogen) atoms. The summed E-state index contributed by atoms with van der Waals surface area (Å²) in [7, 11) is 0. The van der Waals surface area contributed by atoms with Crippen molar-refractivity contribution >= 4 is 57.7 Å². The standard InChI is InChI=1S/C27H28N4O3S2/c1-3-35-22-23(33)31-24-26(18-9-5-7-11-21(18)29-24,19-14-28-20-10-6-4-8-17(19)20)15-27(31,25(34)30-22)36-13-12-16(2)32/h4-11,14,22,24,28-29H,3,12-13,15H2,1-2H3,(H,30,34)/t22?,24-,26-,27?/m1/s1. The lowest BCUT2D eigenvalue weighted by molar-refractivity contribution is -0.147. The van der Waals surface area contributed by atoms with Gasteiger partial charge in [-0.05, 0) is 35.9 Å². The number of aromatic amines is 1. The van der Waals surface area contributed by atoms with Crippen LogP contribution in [0, 0.1) is 0 Å². The van der Waals surface area contributed by atoms with E-state index in [1.165, 1.54) is 23.5 Å². The Morgan fingerprint density at radius 1 is 1.08 bits per heavy atom. The number of benzene rings is 2. The molecule has 0 bridgehead atoms. The number of nitrogens with one attached hydrogen (secondary N) is 3. The van der Waals surface area contributed by atoms with Gasteiger partial charge in [0.1, 0.15) is 11.9 Å². The van der Waals surface area contributed by atoms with Crippen molar-refractivity contribution in [3.8, 4) is 0 Å². The zero-order chi connectivity index (χ0) is 25.1. The van der Waals surface area contributed by atoms with Crippen LogP contribution in [0.5, 0.6) is 0 Å². The Morgan fingerprint density at radius 3 is 2.67 bits per heavy atom. The van der Waals surface area contributed by atoms with Crippen LogP contribution in [-0.4, -0.2) is 55.4 Å². The van der Waals surface area contributed by atoms with E-state index in [1.807, 2.05) is 54.4 Å². The number of ketones is 1. The van der Waals surface area contributed by atoms with Gasteiger partial charge in [0.15, 0.2) is 10.2 Å². The predicted octanol–water partition coefficient (Wildman–Crippen LogP) is 4.06. The average molecular weight is 521 g/mol. The number of rotatable bonds is 7. The molecule has 0 aliphatic carbocycles. The fourth-order valence-electron chi connectivity index (χ4n) is 6.14. The number of thioether (sulfide) groups is 2. The van der Waals surface area contributed by atoms with E-state index in [0.29, 0.717) is 24.3 Å².